The largest absolute Gasteiger partial charge is 0.444 e. The van der Waals surface area contributed by atoms with Crippen molar-refractivity contribution in [2.24, 2.45) is 0 Å². The van der Waals surface area contributed by atoms with E-state index in [1.165, 1.54) is 0 Å². The van der Waals surface area contributed by atoms with Gasteiger partial charge < -0.3 is 9.64 Å². The Labute approximate surface area is 121 Å². The molecule has 0 aromatic carbocycles. The molecule has 0 spiro atoms. The van der Waals surface area contributed by atoms with Crippen LogP contribution in [0.15, 0.2) is 28.9 Å². The number of rotatable bonds is 1. The molecule has 0 radical (unpaired) electrons. The molecule has 102 valence electrons. The van der Waals surface area contributed by atoms with Crippen molar-refractivity contribution < 1.29 is 9.53 Å². The second-order valence-corrected chi connectivity index (χ2v) is 6.37. The molecular formula is C14H17BrN2O2. The maximum Gasteiger partial charge on any atom is 0.410 e. The van der Waals surface area contributed by atoms with Crippen molar-refractivity contribution in [1.82, 2.24) is 9.88 Å². The molecule has 1 aliphatic rings. The van der Waals surface area contributed by atoms with Gasteiger partial charge in [0.25, 0.3) is 0 Å². The van der Waals surface area contributed by atoms with Gasteiger partial charge in [-0.05, 0) is 54.4 Å². The molecule has 5 heteroatoms. The van der Waals surface area contributed by atoms with Gasteiger partial charge in [-0.15, -0.1) is 0 Å². The Morgan fingerprint density at radius 1 is 1.42 bits per heavy atom. The third-order valence-corrected chi connectivity index (χ3v) is 3.10. The smallest absolute Gasteiger partial charge is 0.410 e. The van der Waals surface area contributed by atoms with Crippen molar-refractivity contribution >= 4 is 27.6 Å². The fourth-order valence-electron chi connectivity index (χ4n) is 1.77. The summed E-state index contributed by atoms with van der Waals surface area (Å²) in [6.45, 7) is 6.72. The Morgan fingerprint density at radius 3 is 2.74 bits per heavy atom. The average molecular weight is 325 g/mol. The lowest BCUT2D eigenvalue weighted by Crippen LogP contribution is -2.35. The summed E-state index contributed by atoms with van der Waals surface area (Å²) in [5, 5.41) is 0. The molecule has 0 unspecified atom stereocenters. The minimum absolute atomic E-state index is 0.282. The topological polar surface area (TPSA) is 42.4 Å². The van der Waals surface area contributed by atoms with E-state index in [1.807, 2.05) is 39.0 Å². The van der Waals surface area contributed by atoms with Crippen LogP contribution in [0.5, 0.6) is 0 Å². The molecule has 1 aliphatic heterocycles. The second-order valence-electron chi connectivity index (χ2n) is 5.45. The van der Waals surface area contributed by atoms with E-state index in [0.29, 0.717) is 13.1 Å². The summed E-state index contributed by atoms with van der Waals surface area (Å²) in [5.41, 5.74) is 1.49. The normalized spacial score (nSPS) is 15.4. The van der Waals surface area contributed by atoms with E-state index in [9.17, 15) is 4.79 Å². The first-order valence-corrected chi connectivity index (χ1v) is 6.93. The highest BCUT2D eigenvalue weighted by Gasteiger charge is 2.25. The van der Waals surface area contributed by atoms with Crippen LogP contribution in [-0.4, -0.2) is 34.7 Å². The van der Waals surface area contributed by atoms with Crippen LogP contribution in [0.2, 0.25) is 0 Å². The third-order valence-electron chi connectivity index (χ3n) is 2.63. The summed E-state index contributed by atoms with van der Waals surface area (Å²) >= 11 is 3.36. The quantitative estimate of drug-likeness (QED) is 0.794. The summed E-state index contributed by atoms with van der Waals surface area (Å²) in [7, 11) is 0. The van der Waals surface area contributed by atoms with Gasteiger partial charge in [0.05, 0.1) is 12.2 Å². The van der Waals surface area contributed by atoms with E-state index in [2.05, 4.69) is 20.9 Å². The van der Waals surface area contributed by atoms with Gasteiger partial charge in [0, 0.05) is 17.2 Å². The first-order chi connectivity index (χ1) is 8.85. The molecule has 0 bridgehead atoms. The van der Waals surface area contributed by atoms with E-state index >= 15 is 0 Å². The Bertz CT molecular complexity index is 503. The minimum Gasteiger partial charge on any atom is -0.444 e. The van der Waals surface area contributed by atoms with Gasteiger partial charge in [-0.25, -0.2) is 4.79 Å². The number of aromatic nitrogens is 1. The van der Waals surface area contributed by atoms with Gasteiger partial charge in [0.2, 0.25) is 0 Å². The zero-order valence-electron chi connectivity index (χ0n) is 11.3. The average Bonchev–Trinajstić information content (AvgIpc) is 2.77. The molecule has 2 heterocycles. The Morgan fingerprint density at radius 2 is 2.16 bits per heavy atom. The Kier molecular flexibility index (Phi) is 3.94. The molecule has 2 rings (SSSR count). The lowest BCUT2D eigenvalue weighted by atomic mass is 10.2. The number of carbonyl (C=O) groups is 1. The van der Waals surface area contributed by atoms with E-state index in [0.717, 1.165) is 15.7 Å². The van der Waals surface area contributed by atoms with Crippen molar-refractivity contribution in [2.45, 2.75) is 26.4 Å². The van der Waals surface area contributed by atoms with Crippen molar-refractivity contribution in [1.29, 1.82) is 0 Å². The van der Waals surface area contributed by atoms with Gasteiger partial charge in [-0.2, -0.15) is 0 Å². The van der Waals surface area contributed by atoms with Crippen LogP contribution in [-0.2, 0) is 4.74 Å². The fraction of sp³-hybridized carbons (Fsp3) is 0.429. The zero-order chi connectivity index (χ0) is 14.0. The predicted molar refractivity (Wildman–Crippen MR) is 77.7 cm³/mol. The van der Waals surface area contributed by atoms with Gasteiger partial charge in [0.15, 0.2) is 0 Å². The molecule has 0 saturated heterocycles. The number of ether oxygens (including phenoxy) is 1. The van der Waals surface area contributed by atoms with Crippen molar-refractivity contribution in [2.75, 3.05) is 13.1 Å². The molecule has 4 nitrogen and oxygen atoms in total. The highest BCUT2D eigenvalue weighted by Crippen LogP contribution is 2.22. The van der Waals surface area contributed by atoms with Crippen LogP contribution in [0.4, 0.5) is 4.79 Å². The highest BCUT2D eigenvalue weighted by atomic mass is 79.9. The maximum absolute atomic E-state index is 11.9. The van der Waals surface area contributed by atoms with Crippen LogP contribution in [0.3, 0.4) is 0 Å². The van der Waals surface area contributed by atoms with E-state index in [-0.39, 0.29) is 6.09 Å². The molecule has 0 saturated carbocycles. The van der Waals surface area contributed by atoms with E-state index in [1.54, 1.807) is 11.1 Å². The second kappa shape index (κ2) is 5.33. The van der Waals surface area contributed by atoms with E-state index < -0.39 is 5.60 Å². The minimum atomic E-state index is -0.463. The number of nitrogens with zero attached hydrogens (tertiary/aromatic N) is 2. The number of pyridine rings is 1. The van der Waals surface area contributed by atoms with Crippen molar-refractivity contribution in [3.8, 4) is 0 Å². The van der Waals surface area contributed by atoms with Crippen LogP contribution in [0.1, 0.15) is 26.5 Å². The van der Waals surface area contributed by atoms with Gasteiger partial charge in [-0.3, -0.25) is 4.98 Å². The summed E-state index contributed by atoms with van der Waals surface area (Å²) in [6, 6.07) is 3.88. The Hall–Kier alpha value is -1.36. The number of carbonyl (C=O) groups excluding carboxylic acids is 1. The van der Waals surface area contributed by atoms with Crippen molar-refractivity contribution in [3.63, 3.8) is 0 Å². The molecule has 1 amide bonds. The van der Waals surface area contributed by atoms with Crippen LogP contribution < -0.4 is 0 Å². The SMILES string of the molecule is CC(C)(C)OC(=O)N1CC=C(c2ccc(Br)cn2)C1. The zero-order valence-corrected chi connectivity index (χ0v) is 12.9. The van der Waals surface area contributed by atoms with Gasteiger partial charge in [-0.1, -0.05) is 6.08 Å². The highest BCUT2D eigenvalue weighted by molar-refractivity contribution is 9.10. The monoisotopic (exact) mass is 324 g/mol. The van der Waals surface area contributed by atoms with Crippen molar-refractivity contribution in [3.05, 3.63) is 34.6 Å². The summed E-state index contributed by atoms with van der Waals surface area (Å²) in [5.74, 6) is 0. The molecule has 0 N–H and O–H groups in total. The number of amides is 1. The molecule has 19 heavy (non-hydrogen) atoms. The molecule has 1 aromatic rings. The first kappa shape index (κ1) is 14.1. The molecular weight excluding hydrogens is 308 g/mol. The summed E-state index contributed by atoms with van der Waals surface area (Å²) < 4.78 is 6.29. The predicted octanol–water partition coefficient (Wildman–Crippen LogP) is 3.48. The molecule has 0 aliphatic carbocycles. The number of hydrogen-bond donors (Lipinski definition) is 0. The molecule has 0 atom stereocenters. The van der Waals surface area contributed by atoms with E-state index in [4.69, 9.17) is 4.74 Å². The Balaban J connectivity index is 1.99. The number of halogens is 1. The molecule has 1 aromatic heterocycles. The van der Waals surface area contributed by atoms with Crippen LogP contribution >= 0.6 is 15.9 Å². The fourth-order valence-corrected chi connectivity index (χ4v) is 2.01. The standard InChI is InChI=1S/C14H17BrN2O2/c1-14(2,3)19-13(18)17-7-6-10(9-17)12-5-4-11(15)8-16-12/h4-6,8H,7,9H2,1-3H3. The third kappa shape index (κ3) is 3.80. The maximum atomic E-state index is 11.9. The first-order valence-electron chi connectivity index (χ1n) is 6.14. The lowest BCUT2D eigenvalue weighted by molar-refractivity contribution is 0.0306. The van der Waals surface area contributed by atoms with Crippen LogP contribution in [0, 0.1) is 0 Å². The summed E-state index contributed by atoms with van der Waals surface area (Å²) in [6.07, 6.45) is 3.49. The lowest BCUT2D eigenvalue weighted by Gasteiger charge is -2.24. The van der Waals surface area contributed by atoms with Gasteiger partial charge >= 0.3 is 6.09 Å². The molecule has 0 fully saturated rings. The number of hydrogen-bond acceptors (Lipinski definition) is 3. The summed E-state index contributed by atoms with van der Waals surface area (Å²) in [4.78, 5) is 17.9. The van der Waals surface area contributed by atoms with Gasteiger partial charge in [0.1, 0.15) is 5.60 Å². The van der Waals surface area contributed by atoms with Crippen LogP contribution in [0.25, 0.3) is 5.57 Å².